The number of nitrogens with zero attached hydrogens (tertiary/aromatic N) is 7. The number of carbonyl (C=O) groups excluding carboxylic acids is 1. The van der Waals surface area contributed by atoms with Crippen LogP contribution in [0.15, 0.2) is 30.7 Å². The van der Waals surface area contributed by atoms with Crippen molar-refractivity contribution in [2.24, 2.45) is 0 Å². The maximum atomic E-state index is 11.7. The first-order valence-electron chi connectivity index (χ1n) is 12.8. The molecule has 12 nitrogen and oxygen atoms in total. The van der Waals surface area contributed by atoms with Crippen LogP contribution in [0.5, 0.6) is 0 Å². The summed E-state index contributed by atoms with van der Waals surface area (Å²) in [4.78, 5) is 39.6. The van der Waals surface area contributed by atoms with Gasteiger partial charge >= 0.3 is 0 Å². The van der Waals surface area contributed by atoms with Gasteiger partial charge in [-0.25, -0.2) is 24.9 Å². The van der Waals surface area contributed by atoms with Gasteiger partial charge in [0.05, 0.1) is 42.1 Å². The summed E-state index contributed by atoms with van der Waals surface area (Å²) in [6.45, 7) is 8.03. The van der Waals surface area contributed by atoms with Gasteiger partial charge in [-0.2, -0.15) is 0 Å². The van der Waals surface area contributed by atoms with Crippen LogP contribution in [0.25, 0.3) is 32.0 Å². The lowest BCUT2D eigenvalue weighted by Gasteiger charge is -2.32. The molecule has 202 valence electrons. The van der Waals surface area contributed by atoms with Gasteiger partial charge in [0, 0.05) is 55.6 Å². The lowest BCUT2D eigenvalue weighted by molar-refractivity contribution is -0.135. The molecular weight excluding hydrogens is 518 g/mol. The smallest absolute Gasteiger partial charge is 0.219 e. The van der Waals surface area contributed by atoms with Crippen molar-refractivity contribution in [3.05, 3.63) is 36.3 Å². The van der Waals surface area contributed by atoms with E-state index >= 15 is 0 Å². The Bertz CT molecular complexity index is 1490. The number of aromatic nitrogens is 5. The zero-order valence-corrected chi connectivity index (χ0v) is 22.6. The van der Waals surface area contributed by atoms with E-state index < -0.39 is 0 Å². The summed E-state index contributed by atoms with van der Waals surface area (Å²) in [6, 6.07) is 3.97. The van der Waals surface area contributed by atoms with E-state index in [0.717, 1.165) is 45.1 Å². The average Bonchev–Trinajstić information content (AvgIpc) is 3.30. The van der Waals surface area contributed by atoms with Gasteiger partial charge in [0.1, 0.15) is 12.0 Å². The summed E-state index contributed by atoms with van der Waals surface area (Å²) in [5, 5.41) is 3.28. The second kappa shape index (κ2) is 10.7. The monoisotopic (exact) mass is 547 g/mol. The van der Waals surface area contributed by atoms with Crippen molar-refractivity contribution in [1.82, 2.24) is 29.8 Å². The quantitative estimate of drug-likeness (QED) is 0.380. The Morgan fingerprint density at radius 2 is 1.82 bits per heavy atom. The van der Waals surface area contributed by atoms with Gasteiger partial charge in [0.2, 0.25) is 11.9 Å². The molecule has 39 heavy (non-hydrogen) atoms. The van der Waals surface area contributed by atoms with Crippen molar-refractivity contribution in [2.45, 2.75) is 20.1 Å². The van der Waals surface area contributed by atoms with Gasteiger partial charge in [0.15, 0.2) is 11.6 Å². The SMILES string of the molecule is CC(=O)N1CCOC(Nc2ccc(-c3sc4c(N5CCOCC5)nc(-c5cnc(N)nc5)nc4c3C)cn2)C1. The third-order valence-electron chi connectivity index (χ3n) is 6.83. The molecule has 2 aliphatic rings. The molecule has 2 saturated heterocycles. The maximum absolute atomic E-state index is 11.7. The number of carbonyl (C=O) groups is 1. The molecule has 3 N–H and O–H groups in total. The number of hydrogen-bond acceptors (Lipinski definition) is 12. The van der Waals surface area contributed by atoms with E-state index in [1.165, 1.54) is 0 Å². The molecule has 6 heterocycles. The van der Waals surface area contributed by atoms with E-state index in [0.29, 0.717) is 50.1 Å². The van der Waals surface area contributed by atoms with Crippen molar-refractivity contribution in [2.75, 3.05) is 62.0 Å². The summed E-state index contributed by atoms with van der Waals surface area (Å²) in [5.41, 5.74) is 9.34. The van der Waals surface area contributed by atoms with Crippen molar-refractivity contribution >= 4 is 45.0 Å². The number of aryl methyl sites for hydroxylation is 1. The number of ether oxygens (including phenoxy) is 2. The van der Waals surface area contributed by atoms with Gasteiger partial charge in [0.25, 0.3) is 0 Å². The van der Waals surface area contributed by atoms with Crippen molar-refractivity contribution < 1.29 is 14.3 Å². The Morgan fingerprint density at radius 3 is 2.54 bits per heavy atom. The second-order valence-electron chi connectivity index (χ2n) is 9.44. The summed E-state index contributed by atoms with van der Waals surface area (Å²) in [6.07, 6.45) is 4.85. The molecule has 2 fully saturated rings. The Balaban J connectivity index is 1.33. The number of amides is 1. The van der Waals surface area contributed by atoms with Crippen LogP contribution in [-0.2, 0) is 14.3 Å². The standard InChI is InChI=1S/C26H29N9O3S/c1-15-21-23(25(34-5-8-37-9-6-34)33-24(32-21)18-12-29-26(27)30-13-18)39-22(15)17-3-4-19(28-11-17)31-20-14-35(16(2)36)7-10-38-20/h3-4,11-13,20H,5-10,14H2,1-2H3,(H,28,31)(H2,27,29,30). The molecule has 0 aliphatic carbocycles. The molecule has 13 heteroatoms. The highest BCUT2D eigenvalue weighted by molar-refractivity contribution is 7.23. The van der Waals surface area contributed by atoms with E-state index in [4.69, 9.17) is 25.2 Å². The van der Waals surface area contributed by atoms with E-state index in [2.05, 4.69) is 32.1 Å². The molecule has 0 aromatic carbocycles. The van der Waals surface area contributed by atoms with E-state index in [1.807, 2.05) is 18.3 Å². The topological polar surface area (TPSA) is 145 Å². The Hall–Kier alpha value is -3.94. The van der Waals surface area contributed by atoms with Crippen LogP contribution < -0.4 is 16.0 Å². The predicted octanol–water partition coefficient (Wildman–Crippen LogP) is 2.55. The van der Waals surface area contributed by atoms with Crippen molar-refractivity contribution in [1.29, 1.82) is 0 Å². The van der Waals surface area contributed by atoms with Crippen molar-refractivity contribution in [3.63, 3.8) is 0 Å². The maximum Gasteiger partial charge on any atom is 0.219 e. The fraction of sp³-hybridized carbons (Fsp3) is 0.385. The van der Waals surface area contributed by atoms with E-state index in [-0.39, 0.29) is 18.1 Å². The number of morpholine rings is 2. The zero-order valence-electron chi connectivity index (χ0n) is 21.8. The number of nitrogen functional groups attached to an aromatic ring is 1. The first-order chi connectivity index (χ1) is 19.0. The Labute approximate surface area is 229 Å². The van der Waals surface area contributed by atoms with Crippen LogP contribution in [0, 0.1) is 6.92 Å². The van der Waals surface area contributed by atoms with Crippen molar-refractivity contribution in [3.8, 4) is 21.8 Å². The van der Waals surface area contributed by atoms with Gasteiger partial charge in [-0.05, 0) is 24.6 Å². The van der Waals surface area contributed by atoms with E-state index in [9.17, 15) is 4.79 Å². The summed E-state index contributed by atoms with van der Waals surface area (Å²) >= 11 is 1.66. The number of thiophene rings is 1. The highest BCUT2D eigenvalue weighted by Gasteiger charge is 2.24. The van der Waals surface area contributed by atoms with E-state index in [1.54, 1.807) is 35.6 Å². The molecule has 6 rings (SSSR count). The van der Waals surface area contributed by atoms with Crippen LogP contribution >= 0.6 is 11.3 Å². The third kappa shape index (κ3) is 5.20. The average molecular weight is 548 g/mol. The molecule has 1 atom stereocenters. The minimum absolute atomic E-state index is 0.0419. The molecule has 0 saturated carbocycles. The van der Waals surface area contributed by atoms with Gasteiger partial charge < -0.3 is 30.3 Å². The molecule has 1 unspecified atom stereocenters. The number of fused-ring (bicyclic) bond motifs is 1. The minimum Gasteiger partial charge on any atom is -0.378 e. The fourth-order valence-electron chi connectivity index (χ4n) is 4.72. The minimum atomic E-state index is -0.297. The number of nitrogens with two attached hydrogens (primary N) is 1. The van der Waals surface area contributed by atoms with Crippen LogP contribution in [0.4, 0.5) is 17.6 Å². The molecule has 0 radical (unpaired) electrons. The molecule has 4 aromatic heterocycles. The number of hydrogen-bond donors (Lipinski definition) is 2. The summed E-state index contributed by atoms with van der Waals surface area (Å²) in [7, 11) is 0. The molecular formula is C26H29N9O3S. The van der Waals surface area contributed by atoms with Gasteiger partial charge in [-0.3, -0.25) is 4.79 Å². The molecule has 0 spiro atoms. The van der Waals surface area contributed by atoms with Crippen LogP contribution in [0.2, 0.25) is 0 Å². The van der Waals surface area contributed by atoms with Crippen LogP contribution in [-0.4, -0.2) is 88.0 Å². The number of rotatable bonds is 5. The lowest BCUT2D eigenvalue weighted by atomic mass is 10.1. The summed E-state index contributed by atoms with van der Waals surface area (Å²) < 4.78 is 12.4. The number of anilines is 3. The van der Waals surface area contributed by atoms with Gasteiger partial charge in [-0.1, -0.05) is 0 Å². The number of pyridine rings is 1. The normalized spacial score (nSPS) is 17.9. The Morgan fingerprint density at radius 1 is 1.05 bits per heavy atom. The highest BCUT2D eigenvalue weighted by Crippen LogP contribution is 2.42. The molecule has 4 aromatic rings. The first-order valence-corrected chi connectivity index (χ1v) is 13.6. The highest BCUT2D eigenvalue weighted by atomic mass is 32.1. The Kier molecular flexibility index (Phi) is 6.94. The number of nitrogens with one attached hydrogen (secondary N) is 1. The molecule has 1 amide bonds. The predicted molar refractivity (Wildman–Crippen MR) is 149 cm³/mol. The third-order valence-corrected chi connectivity index (χ3v) is 8.16. The van der Waals surface area contributed by atoms with Crippen LogP contribution in [0.1, 0.15) is 12.5 Å². The molecule has 0 bridgehead atoms. The fourth-order valence-corrected chi connectivity index (χ4v) is 5.98. The summed E-state index contributed by atoms with van der Waals surface area (Å²) in [5.74, 6) is 2.37. The second-order valence-corrected chi connectivity index (χ2v) is 10.5. The van der Waals surface area contributed by atoms with Gasteiger partial charge in [-0.15, -0.1) is 11.3 Å². The van der Waals surface area contributed by atoms with Crippen LogP contribution in [0.3, 0.4) is 0 Å². The largest absolute Gasteiger partial charge is 0.378 e. The molecule has 2 aliphatic heterocycles. The lowest BCUT2D eigenvalue weighted by Crippen LogP contribution is -2.47. The first kappa shape index (κ1) is 25.3. The zero-order chi connectivity index (χ0) is 26.9.